The number of ether oxygens (including phenoxy) is 3. The van der Waals surface area contributed by atoms with E-state index >= 15 is 0 Å². The summed E-state index contributed by atoms with van der Waals surface area (Å²) in [5.74, 6) is 0.400. The van der Waals surface area contributed by atoms with Crippen molar-refractivity contribution in [2.75, 3.05) is 13.7 Å². The third kappa shape index (κ3) is 2.92. The van der Waals surface area contributed by atoms with Crippen LogP contribution in [-0.2, 0) is 4.74 Å². The number of aliphatic hydroxyl groups excluding tert-OH is 4. The molecule has 0 saturated carbocycles. The van der Waals surface area contributed by atoms with Crippen LogP contribution in [0.15, 0.2) is 41.3 Å². The summed E-state index contributed by atoms with van der Waals surface area (Å²) in [6.07, 6.45) is -5.82. The highest BCUT2D eigenvalue weighted by atomic mass is 16.7. The minimum absolute atomic E-state index is 0.169. The number of benzene rings is 1. The SMILES string of the molecule is COc1ccc2c3ccnc4cc(OC5OC(CO)C(O)C(O)C5O)c(=O)n(c2c1)c43. The van der Waals surface area contributed by atoms with Crippen molar-refractivity contribution in [3.63, 3.8) is 0 Å². The van der Waals surface area contributed by atoms with Gasteiger partial charge in [0, 0.05) is 29.1 Å². The van der Waals surface area contributed by atoms with Gasteiger partial charge in [-0.25, -0.2) is 0 Å². The van der Waals surface area contributed by atoms with Crippen LogP contribution in [0.2, 0.25) is 0 Å². The fourth-order valence-electron chi connectivity index (χ4n) is 4.08. The number of aliphatic hydroxyl groups is 4. The highest BCUT2D eigenvalue weighted by molar-refractivity contribution is 6.13. The Kier molecular flexibility index (Phi) is 4.68. The number of aromatic nitrogens is 2. The molecule has 1 fully saturated rings. The quantitative estimate of drug-likeness (QED) is 0.342. The third-order valence-electron chi connectivity index (χ3n) is 5.69. The number of methoxy groups -OCH3 is 1. The van der Waals surface area contributed by atoms with Crippen molar-refractivity contribution in [2.24, 2.45) is 0 Å². The fraction of sp³-hybridized carbons (Fsp3) is 0.333. The van der Waals surface area contributed by atoms with E-state index in [-0.39, 0.29) is 5.75 Å². The smallest absolute Gasteiger partial charge is 0.298 e. The average Bonchev–Trinajstić information content (AvgIpc) is 3.12. The van der Waals surface area contributed by atoms with E-state index in [1.165, 1.54) is 17.6 Å². The second-order valence-corrected chi connectivity index (χ2v) is 7.44. The Morgan fingerprint density at radius 2 is 1.90 bits per heavy atom. The molecule has 0 radical (unpaired) electrons. The molecule has 1 aromatic carbocycles. The van der Waals surface area contributed by atoms with Gasteiger partial charge >= 0.3 is 0 Å². The van der Waals surface area contributed by atoms with E-state index in [9.17, 15) is 25.2 Å². The minimum Gasteiger partial charge on any atom is -0.497 e. The lowest BCUT2D eigenvalue weighted by molar-refractivity contribution is -0.277. The number of hydrogen-bond donors (Lipinski definition) is 4. The third-order valence-corrected chi connectivity index (χ3v) is 5.69. The van der Waals surface area contributed by atoms with Crippen molar-refractivity contribution >= 4 is 27.3 Å². The predicted molar refractivity (Wildman–Crippen MR) is 109 cm³/mol. The highest BCUT2D eigenvalue weighted by Gasteiger charge is 2.45. The van der Waals surface area contributed by atoms with Gasteiger partial charge in [0.15, 0.2) is 5.75 Å². The molecule has 3 aromatic heterocycles. The van der Waals surface area contributed by atoms with Crippen molar-refractivity contribution in [1.82, 2.24) is 9.38 Å². The summed E-state index contributed by atoms with van der Waals surface area (Å²) in [6.45, 7) is -0.606. The van der Waals surface area contributed by atoms with Gasteiger partial charge in [-0.1, -0.05) is 0 Å². The van der Waals surface area contributed by atoms with Crippen LogP contribution < -0.4 is 15.0 Å². The summed E-state index contributed by atoms with van der Waals surface area (Å²) < 4.78 is 17.8. The van der Waals surface area contributed by atoms with Crippen LogP contribution >= 0.6 is 0 Å². The zero-order valence-electron chi connectivity index (χ0n) is 16.4. The number of nitrogens with zero attached hydrogens (tertiary/aromatic N) is 2. The number of pyridine rings is 2. The summed E-state index contributed by atoms with van der Waals surface area (Å²) in [5, 5.41) is 41.3. The number of hydrogen-bond acceptors (Lipinski definition) is 9. The van der Waals surface area contributed by atoms with Crippen LogP contribution in [0.1, 0.15) is 0 Å². The molecule has 5 rings (SSSR count). The predicted octanol–water partition coefficient (Wildman–Crippen LogP) is -0.374. The molecule has 31 heavy (non-hydrogen) atoms. The molecule has 1 saturated heterocycles. The van der Waals surface area contributed by atoms with Crippen LogP contribution in [0.5, 0.6) is 11.5 Å². The first-order valence-electron chi connectivity index (χ1n) is 9.65. The second-order valence-electron chi connectivity index (χ2n) is 7.44. The summed E-state index contributed by atoms with van der Waals surface area (Å²) in [4.78, 5) is 17.7. The van der Waals surface area contributed by atoms with Crippen LogP contribution in [0.3, 0.4) is 0 Å². The van der Waals surface area contributed by atoms with Crippen molar-refractivity contribution < 1.29 is 34.6 Å². The van der Waals surface area contributed by atoms with Gasteiger partial charge in [-0.15, -0.1) is 0 Å². The first kappa shape index (κ1) is 19.9. The summed E-state index contributed by atoms with van der Waals surface area (Å²) in [6, 6.07) is 8.63. The normalized spacial score (nSPS) is 26.7. The average molecular weight is 428 g/mol. The first-order chi connectivity index (χ1) is 14.9. The van der Waals surface area contributed by atoms with Gasteiger partial charge in [-0.2, -0.15) is 0 Å². The highest BCUT2D eigenvalue weighted by Crippen LogP contribution is 2.33. The van der Waals surface area contributed by atoms with Crippen LogP contribution in [0, 0.1) is 0 Å². The van der Waals surface area contributed by atoms with Gasteiger partial charge in [0.1, 0.15) is 30.2 Å². The molecular weight excluding hydrogens is 408 g/mol. The minimum atomic E-state index is -1.64. The zero-order chi connectivity index (χ0) is 21.9. The second kappa shape index (κ2) is 7.29. The molecule has 10 nitrogen and oxygen atoms in total. The molecule has 1 aliphatic rings. The van der Waals surface area contributed by atoms with Crippen molar-refractivity contribution in [1.29, 1.82) is 0 Å². The van der Waals surface area contributed by atoms with Gasteiger partial charge in [-0.3, -0.25) is 14.2 Å². The van der Waals surface area contributed by atoms with Crippen LogP contribution in [0.4, 0.5) is 0 Å². The molecule has 4 N–H and O–H groups in total. The lowest BCUT2D eigenvalue weighted by atomic mass is 9.99. The maximum absolute atomic E-state index is 13.4. The van der Waals surface area contributed by atoms with E-state index in [0.29, 0.717) is 22.3 Å². The maximum Gasteiger partial charge on any atom is 0.298 e. The van der Waals surface area contributed by atoms with E-state index in [1.54, 1.807) is 18.3 Å². The van der Waals surface area contributed by atoms with Gasteiger partial charge in [-0.05, 0) is 18.2 Å². The molecule has 0 amide bonds. The molecule has 1 aliphatic heterocycles. The Morgan fingerprint density at radius 1 is 1.10 bits per heavy atom. The Hall–Kier alpha value is -3.02. The van der Waals surface area contributed by atoms with Crippen LogP contribution in [0.25, 0.3) is 27.3 Å². The van der Waals surface area contributed by atoms with Gasteiger partial charge < -0.3 is 34.6 Å². The van der Waals surface area contributed by atoms with E-state index in [0.717, 1.165) is 10.8 Å². The lowest BCUT2D eigenvalue weighted by Gasteiger charge is -2.39. The molecule has 5 atom stereocenters. The largest absolute Gasteiger partial charge is 0.497 e. The molecule has 0 spiro atoms. The molecule has 5 unspecified atom stereocenters. The molecule has 162 valence electrons. The van der Waals surface area contributed by atoms with E-state index < -0.39 is 42.9 Å². The van der Waals surface area contributed by atoms with Gasteiger partial charge in [0.05, 0.1) is 30.3 Å². The van der Waals surface area contributed by atoms with Crippen molar-refractivity contribution in [3.05, 3.63) is 46.9 Å². The Balaban J connectivity index is 1.68. The summed E-state index contributed by atoms with van der Waals surface area (Å²) >= 11 is 0. The number of fused-ring (bicyclic) bond motifs is 3. The zero-order valence-corrected chi connectivity index (χ0v) is 16.4. The monoisotopic (exact) mass is 428 g/mol. The van der Waals surface area contributed by atoms with Crippen molar-refractivity contribution in [2.45, 2.75) is 30.7 Å². The molecule has 10 heteroatoms. The number of rotatable bonds is 4. The topological polar surface area (TPSA) is 143 Å². The van der Waals surface area contributed by atoms with E-state index in [2.05, 4.69) is 4.98 Å². The Morgan fingerprint density at radius 3 is 2.65 bits per heavy atom. The standard InChI is InChI=1S/C21H20N2O8/c1-29-9-2-3-10-11-4-5-22-12-7-14(20(28)23(16(11)12)13(10)6-9)30-21-19(27)18(26)17(25)15(8-24)31-21/h2-7,15,17-19,21,24-27H,8H2,1H3. The van der Waals surface area contributed by atoms with Gasteiger partial charge in [0.25, 0.3) is 5.56 Å². The molecule has 0 aliphatic carbocycles. The molecule has 4 heterocycles. The van der Waals surface area contributed by atoms with Crippen molar-refractivity contribution in [3.8, 4) is 11.5 Å². The Labute approximate surface area is 174 Å². The summed E-state index contributed by atoms with van der Waals surface area (Å²) in [7, 11) is 1.53. The lowest BCUT2D eigenvalue weighted by Crippen LogP contribution is -2.60. The Bertz CT molecular complexity index is 1320. The molecular formula is C21H20N2O8. The van der Waals surface area contributed by atoms with E-state index in [1.807, 2.05) is 12.1 Å². The molecule has 4 aromatic rings. The fourth-order valence-corrected chi connectivity index (χ4v) is 4.08. The first-order valence-corrected chi connectivity index (χ1v) is 9.65. The van der Waals surface area contributed by atoms with Crippen LogP contribution in [-0.4, -0.2) is 74.2 Å². The molecule has 0 bridgehead atoms. The maximum atomic E-state index is 13.4. The van der Waals surface area contributed by atoms with E-state index in [4.69, 9.17) is 14.2 Å². The van der Waals surface area contributed by atoms with Gasteiger partial charge in [0.2, 0.25) is 6.29 Å². The summed E-state index contributed by atoms with van der Waals surface area (Å²) in [5.41, 5.74) is 1.16.